The van der Waals surface area contributed by atoms with Crippen LogP contribution in [0.5, 0.6) is 0 Å². The minimum Gasteiger partial charge on any atom is -0.476 e. The molecule has 0 aliphatic rings. The number of aromatic carboxylic acids is 1. The molecule has 1 atom stereocenters. The normalized spacial score (nSPS) is 12.3. The van der Waals surface area contributed by atoms with Crippen LogP contribution in [0.15, 0.2) is 36.7 Å². The van der Waals surface area contributed by atoms with Gasteiger partial charge in [-0.2, -0.15) is 18.3 Å². The number of hydrogen-bond donors (Lipinski definition) is 4. The van der Waals surface area contributed by atoms with Gasteiger partial charge in [-0.05, 0) is 24.1 Å². The first-order chi connectivity index (χ1) is 17.2. The fourth-order valence-corrected chi connectivity index (χ4v) is 3.47. The predicted octanol–water partition coefficient (Wildman–Crippen LogP) is 4.36. The van der Waals surface area contributed by atoms with Gasteiger partial charge in [-0.1, -0.05) is 13.8 Å². The first-order valence-electron chi connectivity index (χ1n) is 10.3. The van der Waals surface area contributed by atoms with Crippen LogP contribution in [-0.2, 0) is 9.59 Å². The SMILES string of the molecule is CC(C)C(C(=O)Nc1ccc2[nH]nc(C(=O)O)c2c1)n1cnc2cc(F)c(F)cc21.O=C(O)C(F)(F)F. The van der Waals surface area contributed by atoms with Gasteiger partial charge in [0.1, 0.15) is 6.04 Å². The third-order valence-electron chi connectivity index (χ3n) is 5.09. The molecule has 0 bridgehead atoms. The molecule has 2 heterocycles. The van der Waals surface area contributed by atoms with Crippen molar-refractivity contribution in [3.63, 3.8) is 0 Å². The molecule has 0 saturated heterocycles. The lowest BCUT2D eigenvalue weighted by molar-refractivity contribution is -0.192. The number of nitrogens with one attached hydrogen (secondary N) is 2. The second-order valence-corrected chi connectivity index (χ2v) is 8.03. The highest BCUT2D eigenvalue weighted by molar-refractivity contribution is 6.03. The number of nitrogens with zero attached hydrogens (tertiary/aromatic N) is 3. The highest BCUT2D eigenvalue weighted by Gasteiger charge is 2.38. The molecule has 4 N–H and O–H groups in total. The Morgan fingerprint density at radius 1 is 1.05 bits per heavy atom. The van der Waals surface area contributed by atoms with Gasteiger partial charge in [-0.25, -0.2) is 23.4 Å². The number of aromatic nitrogens is 4. The Bertz CT molecular complexity index is 1490. The van der Waals surface area contributed by atoms with Crippen molar-refractivity contribution in [2.45, 2.75) is 26.1 Å². The molecule has 0 spiro atoms. The molecule has 15 heteroatoms. The number of amides is 1. The molecule has 0 radical (unpaired) electrons. The molecule has 10 nitrogen and oxygen atoms in total. The van der Waals surface area contributed by atoms with E-state index in [0.29, 0.717) is 22.1 Å². The Kier molecular flexibility index (Phi) is 7.45. The summed E-state index contributed by atoms with van der Waals surface area (Å²) in [5.41, 5.74) is 1.27. The number of anilines is 1. The van der Waals surface area contributed by atoms with Gasteiger partial charge in [-0.3, -0.25) is 9.89 Å². The van der Waals surface area contributed by atoms with Crippen LogP contribution < -0.4 is 5.32 Å². The third-order valence-corrected chi connectivity index (χ3v) is 5.09. The van der Waals surface area contributed by atoms with Crippen LogP contribution in [-0.4, -0.2) is 54.0 Å². The zero-order valence-electron chi connectivity index (χ0n) is 19.0. The number of aliphatic carboxylic acids is 1. The molecule has 1 amide bonds. The lowest BCUT2D eigenvalue weighted by atomic mass is 10.0. The Labute approximate surface area is 203 Å². The maximum Gasteiger partial charge on any atom is 0.490 e. The number of halogens is 5. The molecule has 196 valence electrons. The van der Waals surface area contributed by atoms with E-state index in [4.69, 9.17) is 9.90 Å². The number of benzene rings is 2. The van der Waals surface area contributed by atoms with Crippen LogP contribution in [0.25, 0.3) is 21.9 Å². The number of rotatable bonds is 5. The van der Waals surface area contributed by atoms with Crippen molar-refractivity contribution in [3.05, 3.63) is 54.0 Å². The number of carbonyl (C=O) groups is 3. The summed E-state index contributed by atoms with van der Waals surface area (Å²) in [4.78, 5) is 37.3. The number of alkyl halides is 3. The molecule has 1 unspecified atom stereocenters. The standard InChI is InChI=1S/C20H17F2N5O3.C2HF3O2/c1-9(2)18(27-8-23-15-6-12(21)13(22)7-16(15)27)19(28)24-10-3-4-14-11(5-10)17(20(29)30)26-25-14;3-2(4,5)1(6)7/h3-9,18H,1-2H3,(H,24,28)(H,25,26)(H,29,30);(H,6,7). The van der Waals surface area contributed by atoms with Crippen molar-refractivity contribution in [1.29, 1.82) is 0 Å². The summed E-state index contributed by atoms with van der Waals surface area (Å²) >= 11 is 0. The Hall–Kier alpha value is -4.56. The predicted molar refractivity (Wildman–Crippen MR) is 119 cm³/mol. The molecular weight excluding hydrogens is 509 g/mol. The summed E-state index contributed by atoms with van der Waals surface area (Å²) in [6, 6.07) is 5.97. The second kappa shape index (κ2) is 10.2. The van der Waals surface area contributed by atoms with Gasteiger partial charge in [0.15, 0.2) is 17.3 Å². The summed E-state index contributed by atoms with van der Waals surface area (Å²) in [5.74, 6) is -6.60. The van der Waals surface area contributed by atoms with Gasteiger partial charge < -0.3 is 20.1 Å². The first kappa shape index (κ1) is 27.0. The number of carbonyl (C=O) groups excluding carboxylic acids is 1. The monoisotopic (exact) mass is 527 g/mol. The van der Waals surface area contributed by atoms with Crippen LogP contribution >= 0.6 is 0 Å². The van der Waals surface area contributed by atoms with Crippen LogP contribution in [0.3, 0.4) is 0 Å². The van der Waals surface area contributed by atoms with E-state index in [1.54, 1.807) is 12.1 Å². The van der Waals surface area contributed by atoms with Gasteiger partial charge in [0.25, 0.3) is 0 Å². The highest BCUT2D eigenvalue weighted by Crippen LogP contribution is 2.28. The van der Waals surface area contributed by atoms with Gasteiger partial charge >= 0.3 is 18.1 Å². The Morgan fingerprint density at radius 2 is 1.68 bits per heavy atom. The smallest absolute Gasteiger partial charge is 0.476 e. The number of carboxylic acids is 2. The van der Waals surface area contributed by atoms with Gasteiger partial charge in [-0.15, -0.1) is 0 Å². The molecule has 0 fully saturated rings. The summed E-state index contributed by atoms with van der Waals surface area (Å²) in [6.07, 6.45) is -3.71. The molecule has 37 heavy (non-hydrogen) atoms. The summed E-state index contributed by atoms with van der Waals surface area (Å²) < 4.78 is 60.5. The second-order valence-electron chi connectivity index (χ2n) is 8.03. The highest BCUT2D eigenvalue weighted by atomic mass is 19.4. The average molecular weight is 527 g/mol. The number of aromatic amines is 1. The lowest BCUT2D eigenvalue weighted by Gasteiger charge is -2.22. The van der Waals surface area contributed by atoms with E-state index in [-0.39, 0.29) is 17.1 Å². The van der Waals surface area contributed by atoms with Crippen molar-refractivity contribution in [2.75, 3.05) is 5.32 Å². The summed E-state index contributed by atoms with van der Waals surface area (Å²) in [7, 11) is 0. The number of hydrogen-bond acceptors (Lipinski definition) is 5. The summed E-state index contributed by atoms with van der Waals surface area (Å²) in [5, 5.41) is 25.8. The van der Waals surface area contributed by atoms with E-state index in [1.807, 2.05) is 13.8 Å². The molecule has 0 aliphatic carbocycles. The Morgan fingerprint density at radius 3 is 2.24 bits per heavy atom. The zero-order chi connectivity index (χ0) is 27.7. The van der Waals surface area contributed by atoms with E-state index >= 15 is 0 Å². The van der Waals surface area contributed by atoms with Gasteiger partial charge in [0, 0.05) is 23.2 Å². The van der Waals surface area contributed by atoms with E-state index < -0.39 is 41.7 Å². The molecule has 4 aromatic rings. The van der Waals surface area contributed by atoms with Crippen molar-refractivity contribution in [1.82, 2.24) is 19.7 Å². The maximum absolute atomic E-state index is 13.8. The van der Waals surface area contributed by atoms with Gasteiger partial charge in [0.05, 0.1) is 22.9 Å². The Balaban J connectivity index is 0.000000479. The topological polar surface area (TPSA) is 150 Å². The molecule has 4 rings (SSSR count). The molecular formula is C22H18F5N5O5. The molecule has 2 aromatic heterocycles. The van der Waals surface area contributed by atoms with Crippen LogP contribution in [0, 0.1) is 17.6 Å². The van der Waals surface area contributed by atoms with Crippen LogP contribution in [0.4, 0.5) is 27.6 Å². The van der Waals surface area contributed by atoms with Crippen LogP contribution in [0.2, 0.25) is 0 Å². The van der Waals surface area contributed by atoms with Gasteiger partial charge in [0.2, 0.25) is 5.91 Å². The van der Waals surface area contributed by atoms with Crippen molar-refractivity contribution >= 4 is 45.5 Å². The molecule has 0 saturated carbocycles. The fourth-order valence-electron chi connectivity index (χ4n) is 3.47. The first-order valence-corrected chi connectivity index (χ1v) is 10.3. The van der Waals surface area contributed by atoms with Crippen molar-refractivity contribution in [3.8, 4) is 0 Å². The third kappa shape index (κ3) is 5.82. The minimum atomic E-state index is -5.08. The molecule has 2 aromatic carbocycles. The van der Waals surface area contributed by atoms with Crippen molar-refractivity contribution < 1.29 is 46.5 Å². The number of fused-ring (bicyclic) bond motifs is 2. The largest absolute Gasteiger partial charge is 0.490 e. The molecule has 0 aliphatic heterocycles. The number of carboxylic acid groups (broad SMARTS) is 2. The average Bonchev–Trinajstić information content (AvgIpc) is 3.38. The zero-order valence-corrected chi connectivity index (χ0v) is 19.0. The minimum absolute atomic E-state index is 0.153. The van der Waals surface area contributed by atoms with E-state index in [1.165, 1.54) is 17.0 Å². The number of H-pyrrole nitrogens is 1. The van der Waals surface area contributed by atoms with Crippen molar-refractivity contribution in [2.24, 2.45) is 5.92 Å². The fraction of sp³-hybridized carbons (Fsp3) is 0.227. The van der Waals surface area contributed by atoms with E-state index in [2.05, 4.69) is 20.5 Å². The van der Waals surface area contributed by atoms with Crippen LogP contribution in [0.1, 0.15) is 30.4 Å². The number of imidazole rings is 1. The van der Waals surface area contributed by atoms with E-state index in [9.17, 15) is 36.6 Å². The maximum atomic E-state index is 13.8. The lowest BCUT2D eigenvalue weighted by Crippen LogP contribution is -2.29. The quantitative estimate of drug-likeness (QED) is 0.282. The summed E-state index contributed by atoms with van der Waals surface area (Å²) in [6.45, 7) is 3.63. The van der Waals surface area contributed by atoms with E-state index in [0.717, 1.165) is 12.1 Å².